The molecule has 3 aromatic carbocycles. The summed E-state index contributed by atoms with van der Waals surface area (Å²) < 4.78 is 10.9. The Morgan fingerprint density at radius 3 is 2.56 bits per heavy atom. The second-order valence-corrected chi connectivity index (χ2v) is 6.16. The van der Waals surface area contributed by atoms with Crippen molar-refractivity contribution in [3.63, 3.8) is 0 Å². The molecule has 25 heavy (non-hydrogen) atoms. The molecule has 1 heterocycles. The molecule has 0 saturated carbocycles. The third-order valence-corrected chi connectivity index (χ3v) is 4.81. The maximum Gasteiger partial charge on any atom is 0.225 e. The Bertz CT molecular complexity index is 965. The normalized spacial score (nSPS) is 16.2. The minimum atomic E-state index is -0.0470. The topological polar surface area (TPSA) is 47.6 Å². The summed E-state index contributed by atoms with van der Waals surface area (Å²) in [5.41, 5.74) is 3.01. The van der Waals surface area contributed by atoms with Crippen LogP contribution in [0.25, 0.3) is 10.8 Å². The van der Waals surface area contributed by atoms with Gasteiger partial charge in [-0.2, -0.15) is 0 Å². The van der Waals surface area contributed by atoms with Gasteiger partial charge in [-0.1, -0.05) is 42.5 Å². The molecule has 4 heteroatoms. The van der Waals surface area contributed by atoms with E-state index in [0.717, 1.165) is 39.1 Å². The molecule has 1 aliphatic heterocycles. The van der Waals surface area contributed by atoms with Crippen molar-refractivity contribution in [3.05, 3.63) is 65.7 Å². The van der Waals surface area contributed by atoms with E-state index >= 15 is 0 Å². The largest absolute Gasteiger partial charge is 0.497 e. The fourth-order valence-electron chi connectivity index (χ4n) is 3.59. The standard InChI is InChI=1S/C21H19NO3/c1-24-14-8-10-16(19(11-14)25-2)18-12-20(23)22-21-15-6-4-3-5-13(15)7-9-17(18)21/h3-11,18H,12H2,1-2H3,(H,22,23). The van der Waals surface area contributed by atoms with Gasteiger partial charge in [0.25, 0.3) is 0 Å². The van der Waals surface area contributed by atoms with E-state index in [0.29, 0.717) is 6.42 Å². The van der Waals surface area contributed by atoms with Gasteiger partial charge in [0.2, 0.25) is 5.91 Å². The average molecular weight is 333 g/mol. The number of hydrogen-bond acceptors (Lipinski definition) is 3. The van der Waals surface area contributed by atoms with Crippen LogP contribution in [0.5, 0.6) is 11.5 Å². The molecule has 0 fully saturated rings. The van der Waals surface area contributed by atoms with Crippen molar-refractivity contribution in [2.75, 3.05) is 19.5 Å². The Labute approximate surface area is 146 Å². The van der Waals surface area contributed by atoms with Crippen LogP contribution >= 0.6 is 0 Å². The number of benzene rings is 3. The van der Waals surface area contributed by atoms with Crippen molar-refractivity contribution in [3.8, 4) is 11.5 Å². The first-order valence-corrected chi connectivity index (χ1v) is 8.24. The van der Waals surface area contributed by atoms with Gasteiger partial charge in [-0.25, -0.2) is 0 Å². The molecule has 0 aromatic heterocycles. The number of carbonyl (C=O) groups is 1. The van der Waals surface area contributed by atoms with Crippen LogP contribution in [0, 0.1) is 0 Å². The molecular weight excluding hydrogens is 314 g/mol. The average Bonchev–Trinajstić information content (AvgIpc) is 2.66. The minimum absolute atomic E-state index is 0.0201. The molecule has 1 N–H and O–H groups in total. The minimum Gasteiger partial charge on any atom is -0.497 e. The Morgan fingerprint density at radius 2 is 1.76 bits per heavy atom. The maximum atomic E-state index is 12.4. The van der Waals surface area contributed by atoms with Crippen LogP contribution in [0.3, 0.4) is 0 Å². The molecular formula is C21H19NO3. The molecule has 3 aromatic rings. The highest BCUT2D eigenvalue weighted by Crippen LogP contribution is 2.44. The van der Waals surface area contributed by atoms with Crippen LogP contribution in [0.15, 0.2) is 54.6 Å². The second-order valence-electron chi connectivity index (χ2n) is 6.16. The number of methoxy groups -OCH3 is 2. The van der Waals surface area contributed by atoms with E-state index in [9.17, 15) is 4.79 Å². The third kappa shape index (κ3) is 2.60. The molecule has 1 atom stereocenters. The van der Waals surface area contributed by atoms with Crippen LogP contribution in [0.1, 0.15) is 23.5 Å². The lowest BCUT2D eigenvalue weighted by molar-refractivity contribution is -0.116. The molecule has 0 radical (unpaired) electrons. The molecule has 0 bridgehead atoms. The van der Waals surface area contributed by atoms with Crippen LogP contribution < -0.4 is 14.8 Å². The van der Waals surface area contributed by atoms with Crippen molar-refractivity contribution in [1.29, 1.82) is 0 Å². The first-order valence-electron chi connectivity index (χ1n) is 8.24. The monoisotopic (exact) mass is 333 g/mol. The van der Waals surface area contributed by atoms with Crippen molar-refractivity contribution in [2.45, 2.75) is 12.3 Å². The summed E-state index contributed by atoms with van der Waals surface area (Å²) in [6, 6.07) is 18.1. The van der Waals surface area contributed by atoms with Crippen molar-refractivity contribution in [2.24, 2.45) is 0 Å². The van der Waals surface area contributed by atoms with Gasteiger partial charge in [0.1, 0.15) is 11.5 Å². The smallest absolute Gasteiger partial charge is 0.225 e. The molecule has 0 saturated heterocycles. The van der Waals surface area contributed by atoms with E-state index in [1.165, 1.54) is 0 Å². The Morgan fingerprint density at radius 1 is 0.960 bits per heavy atom. The maximum absolute atomic E-state index is 12.4. The quantitative estimate of drug-likeness (QED) is 0.776. The SMILES string of the molecule is COc1ccc(C2CC(=O)Nc3c2ccc2ccccc32)c(OC)c1. The van der Waals surface area contributed by atoms with E-state index in [-0.39, 0.29) is 11.8 Å². The summed E-state index contributed by atoms with van der Waals surface area (Å²) in [5, 5.41) is 5.23. The predicted molar refractivity (Wildman–Crippen MR) is 98.6 cm³/mol. The molecule has 1 aliphatic rings. The number of nitrogens with one attached hydrogen (secondary N) is 1. The zero-order chi connectivity index (χ0) is 17.4. The van der Waals surface area contributed by atoms with Crippen molar-refractivity contribution in [1.82, 2.24) is 0 Å². The number of fused-ring (bicyclic) bond motifs is 3. The fourth-order valence-corrected chi connectivity index (χ4v) is 3.59. The first-order chi connectivity index (χ1) is 12.2. The Kier molecular flexibility index (Phi) is 3.80. The van der Waals surface area contributed by atoms with Gasteiger partial charge in [-0.3, -0.25) is 4.79 Å². The van der Waals surface area contributed by atoms with Gasteiger partial charge in [0.15, 0.2) is 0 Å². The Hall–Kier alpha value is -3.01. The fraction of sp³-hybridized carbons (Fsp3) is 0.190. The van der Waals surface area contributed by atoms with Crippen LogP contribution in [-0.2, 0) is 4.79 Å². The summed E-state index contributed by atoms with van der Waals surface area (Å²) in [6.45, 7) is 0. The number of hydrogen-bond donors (Lipinski definition) is 1. The summed E-state index contributed by atoms with van der Waals surface area (Å²) in [7, 11) is 3.27. The number of ether oxygens (including phenoxy) is 2. The lowest BCUT2D eigenvalue weighted by Crippen LogP contribution is -2.24. The van der Waals surface area contributed by atoms with Crippen LogP contribution in [0.4, 0.5) is 5.69 Å². The van der Waals surface area contributed by atoms with Gasteiger partial charge >= 0.3 is 0 Å². The Balaban J connectivity index is 1.91. The van der Waals surface area contributed by atoms with E-state index in [1.54, 1.807) is 14.2 Å². The number of amides is 1. The lowest BCUT2D eigenvalue weighted by atomic mass is 9.83. The van der Waals surface area contributed by atoms with E-state index in [2.05, 4.69) is 23.5 Å². The summed E-state index contributed by atoms with van der Waals surface area (Å²) >= 11 is 0. The summed E-state index contributed by atoms with van der Waals surface area (Å²) in [4.78, 5) is 12.4. The zero-order valence-electron chi connectivity index (χ0n) is 14.2. The van der Waals surface area contributed by atoms with E-state index < -0.39 is 0 Å². The first kappa shape index (κ1) is 15.5. The highest BCUT2D eigenvalue weighted by atomic mass is 16.5. The number of rotatable bonds is 3. The van der Waals surface area contributed by atoms with Crippen molar-refractivity contribution < 1.29 is 14.3 Å². The summed E-state index contributed by atoms with van der Waals surface area (Å²) in [6.07, 6.45) is 0.397. The highest BCUT2D eigenvalue weighted by Gasteiger charge is 2.29. The van der Waals surface area contributed by atoms with Gasteiger partial charge < -0.3 is 14.8 Å². The van der Waals surface area contributed by atoms with E-state index in [1.807, 2.05) is 36.4 Å². The molecule has 0 spiro atoms. The molecule has 1 unspecified atom stereocenters. The molecule has 4 nitrogen and oxygen atoms in total. The molecule has 126 valence electrons. The number of anilines is 1. The van der Waals surface area contributed by atoms with Crippen LogP contribution in [0.2, 0.25) is 0 Å². The predicted octanol–water partition coefficient (Wildman–Crippen LogP) is 4.33. The number of carbonyl (C=O) groups excluding carboxylic acids is 1. The lowest BCUT2D eigenvalue weighted by Gasteiger charge is -2.28. The summed E-state index contributed by atoms with van der Waals surface area (Å²) in [5.74, 6) is 1.44. The van der Waals surface area contributed by atoms with Gasteiger partial charge in [0, 0.05) is 29.4 Å². The highest BCUT2D eigenvalue weighted by molar-refractivity contribution is 6.06. The molecule has 1 amide bonds. The van der Waals surface area contributed by atoms with Crippen molar-refractivity contribution >= 4 is 22.4 Å². The zero-order valence-corrected chi connectivity index (χ0v) is 14.2. The third-order valence-electron chi connectivity index (χ3n) is 4.81. The molecule has 0 aliphatic carbocycles. The second kappa shape index (κ2) is 6.13. The van der Waals surface area contributed by atoms with Gasteiger partial charge in [-0.15, -0.1) is 0 Å². The van der Waals surface area contributed by atoms with Crippen LogP contribution in [-0.4, -0.2) is 20.1 Å². The van der Waals surface area contributed by atoms with E-state index in [4.69, 9.17) is 9.47 Å². The van der Waals surface area contributed by atoms with Gasteiger partial charge in [-0.05, 0) is 17.0 Å². The molecule has 4 rings (SSSR count). The van der Waals surface area contributed by atoms with Gasteiger partial charge in [0.05, 0.1) is 19.9 Å².